The number of nitrogens with zero attached hydrogens (tertiary/aromatic N) is 4. The summed E-state index contributed by atoms with van der Waals surface area (Å²) >= 11 is 0. The van der Waals surface area contributed by atoms with Gasteiger partial charge in [-0.15, -0.1) is 0 Å². The van der Waals surface area contributed by atoms with Gasteiger partial charge < -0.3 is 15.6 Å². The van der Waals surface area contributed by atoms with Gasteiger partial charge in [-0.3, -0.25) is 5.43 Å². The predicted octanol–water partition coefficient (Wildman–Crippen LogP) is 5.01. The lowest BCUT2D eigenvalue weighted by atomic mass is 10.1. The molecule has 2 heterocycles. The third-order valence-corrected chi connectivity index (χ3v) is 7.85. The minimum atomic E-state index is -3.53. The average Bonchev–Trinajstić information content (AvgIpc) is 3.54. The molecule has 5 N–H and O–H groups in total. The molecule has 0 aliphatic rings. The Morgan fingerprint density at radius 2 is 1.60 bits per heavy atom. The summed E-state index contributed by atoms with van der Waals surface area (Å²) < 4.78 is 26.6. The van der Waals surface area contributed by atoms with Crippen LogP contribution in [-0.2, 0) is 16.4 Å². The maximum atomic E-state index is 12.1. The summed E-state index contributed by atoms with van der Waals surface area (Å²) in [6, 6.07) is 26.1. The van der Waals surface area contributed by atoms with Gasteiger partial charge in [0.15, 0.2) is 5.82 Å². The molecule has 0 unspecified atom stereocenters. The van der Waals surface area contributed by atoms with Crippen LogP contribution in [0.3, 0.4) is 0 Å². The molecule has 12 heteroatoms. The van der Waals surface area contributed by atoms with Crippen molar-refractivity contribution in [2.75, 3.05) is 29.7 Å². The number of benzene rings is 3. The highest BCUT2D eigenvalue weighted by Gasteiger charge is 2.17. The van der Waals surface area contributed by atoms with Crippen LogP contribution in [0, 0.1) is 0 Å². The fourth-order valence-corrected chi connectivity index (χ4v) is 4.92. The highest BCUT2D eigenvalue weighted by atomic mass is 32.2. The fraction of sp³-hybridized carbons (Fsp3) is 0.133. The Balaban J connectivity index is 1.51. The van der Waals surface area contributed by atoms with E-state index in [-0.39, 0.29) is 4.90 Å². The first-order chi connectivity index (χ1) is 20.4. The molecule has 0 amide bonds. The maximum Gasteiger partial charge on any atom is 0.240 e. The normalized spacial score (nSPS) is 11.7. The molecule has 0 saturated carbocycles. The van der Waals surface area contributed by atoms with Gasteiger partial charge in [0.2, 0.25) is 16.0 Å². The van der Waals surface area contributed by atoms with Gasteiger partial charge in [-0.05, 0) is 49.4 Å². The molecular formula is C30H31N9O2S. The fourth-order valence-electron chi connectivity index (χ4n) is 4.19. The molecule has 5 aromatic rings. The molecule has 2 aromatic heterocycles. The number of para-hydroxylation sites is 1. The second-order valence-corrected chi connectivity index (χ2v) is 11.2. The third-order valence-electron chi connectivity index (χ3n) is 6.42. The van der Waals surface area contributed by atoms with Crippen molar-refractivity contribution in [3.05, 3.63) is 109 Å². The van der Waals surface area contributed by atoms with Crippen LogP contribution < -0.4 is 20.8 Å². The molecule has 0 saturated heterocycles. The predicted molar refractivity (Wildman–Crippen MR) is 166 cm³/mol. The van der Waals surface area contributed by atoms with E-state index in [2.05, 4.69) is 35.9 Å². The van der Waals surface area contributed by atoms with E-state index in [4.69, 9.17) is 9.97 Å². The van der Waals surface area contributed by atoms with Gasteiger partial charge >= 0.3 is 0 Å². The van der Waals surface area contributed by atoms with Gasteiger partial charge in [0, 0.05) is 30.5 Å². The first-order valence-corrected chi connectivity index (χ1v) is 14.8. The zero-order chi connectivity index (χ0) is 29.4. The Bertz CT molecular complexity index is 1740. The Labute approximate surface area is 244 Å². The van der Waals surface area contributed by atoms with Crippen molar-refractivity contribution in [3.63, 3.8) is 0 Å². The number of sulfonamides is 1. The van der Waals surface area contributed by atoms with Crippen molar-refractivity contribution in [2.24, 2.45) is 5.10 Å². The van der Waals surface area contributed by atoms with Crippen molar-refractivity contribution in [3.8, 4) is 11.1 Å². The van der Waals surface area contributed by atoms with E-state index in [1.807, 2.05) is 67.6 Å². The van der Waals surface area contributed by atoms with Crippen LogP contribution in [0.4, 0.5) is 23.3 Å². The first-order valence-electron chi connectivity index (χ1n) is 13.3. The minimum absolute atomic E-state index is 0.180. The topological polar surface area (TPSA) is 149 Å². The molecule has 3 aromatic carbocycles. The van der Waals surface area contributed by atoms with Crippen molar-refractivity contribution in [2.45, 2.75) is 18.2 Å². The Morgan fingerprint density at radius 1 is 0.905 bits per heavy atom. The Kier molecular flexibility index (Phi) is 8.85. The standard InChI is InChI=1S/C30H31N9O2S/c1-21(22-13-15-26(16-14-22)42(40,41)31-2)38-39-29-27(23-9-5-3-6-10-23)28(33-18-17-25-19-32-20-34-25)36-30(37-29)35-24-11-7-4-8-12-24/h3-16,19-20,31H,17-18H2,1-2H3,(H,32,34)(H3,33,35,36,37,39). The zero-order valence-corrected chi connectivity index (χ0v) is 24.0. The van der Waals surface area contributed by atoms with Crippen LogP contribution in [-0.4, -0.2) is 47.7 Å². The van der Waals surface area contributed by atoms with Crippen LogP contribution in [0.5, 0.6) is 0 Å². The maximum absolute atomic E-state index is 12.1. The molecule has 214 valence electrons. The number of aromatic amines is 1. The summed E-state index contributed by atoms with van der Waals surface area (Å²) in [5.41, 5.74) is 8.06. The van der Waals surface area contributed by atoms with Crippen molar-refractivity contribution >= 4 is 39.0 Å². The number of aromatic nitrogens is 4. The summed E-state index contributed by atoms with van der Waals surface area (Å²) in [5, 5.41) is 11.4. The summed E-state index contributed by atoms with van der Waals surface area (Å²) in [4.78, 5) is 17.0. The molecule has 0 atom stereocenters. The van der Waals surface area contributed by atoms with Gasteiger partial charge in [0.25, 0.3) is 0 Å². The number of hydrazone groups is 1. The minimum Gasteiger partial charge on any atom is -0.369 e. The van der Waals surface area contributed by atoms with Crippen LogP contribution >= 0.6 is 0 Å². The number of anilines is 4. The number of nitrogens with one attached hydrogen (secondary N) is 5. The Morgan fingerprint density at radius 3 is 2.26 bits per heavy atom. The summed E-state index contributed by atoms with van der Waals surface area (Å²) in [6.45, 7) is 2.44. The van der Waals surface area contributed by atoms with Crippen LogP contribution in [0.25, 0.3) is 11.1 Å². The van der Waals surface area contributed by atoms with Crippen LogP contribution in [0.2, 0.25) is 0 Å². The quantitative estimate of drug-likeness (QED) is 0.102. The SMILES string of the molecule is CNS(=O)(=O)c1ccc(C(C)=NNc2nc(Nc3ccccc3)nc(NCCc3cnc[nH]3)c2-c2ccccc2)cc1. The zero-order valence-electron chi connectivity index (χ0n) is 23.2. The molecule has 0 aliphatic heterocycles. The average molecular weight is 582 g/mol. The highest BCUT2D eigenvalue weighted by Crippen LogP contribution is 2.34. The second kappa shape index (κ2) is 13.1. The number of hydrogen-bond donors (Lipinski definition) is 5. The summed E-state index contributed by atoms with van der Waals surface area (Å²) in [5.74, 6) is 1.51. The summed E-state index contributed by atoms with van der Waals surface area (Å²) in [7, 11) is -2.15. The smallest absolute Gasteiger partial charge is 0.240 e. The van der Waals surface area contributed by atoms with Gasteiger partial charge in [0.05, 0.1) is 22.5 Å². The highest BCUT2D eigenvalue weighted by molar-refractivity contribution is 7.89. The largest absolute Gasteiger partial charge is 0.369 e. The molecule has 5 rings (SSSR count). The first kappa shape index (κ1) is 28.5. The monoisotopic (exact) mass is 581 g/mol. The molecular weight excluding hydrogens is 550 g/mol. The van der Waals surface area contributed by atoms with Gasteiger partial charge in [0.1, 0.15) is 5.82 Å². The van der Waals surface area contributed by atoms with Gasteiger partial charge in [-0.25, -0.2) is 18.1 Å². The number of H-pyrrole nitrogens is 1. The van der Waals surface area contributed by atoms with E-state index in [9.17, 15) is 8.42 Å². The molecule has 11 nitrogen and oxygen atoms in total. The lowest BCUT2D eigenvalue weighted by molar-refractivity contribution is 0.588. The van der Waals surface area contributed by atoms with E-state index in [1.165, 1.54) is 7.05 Å². The molecule has 0 bridgehead atoms. The van der Waals surface area contributed by atoms with E-state index >= 15 is 0 Å². The van der Waals surface area contributed by atoms with Gasteiger partial charge in [-0.2, -0.15) is 15.1 Å². The molecule has 0 radical (unpaired) electrons. The number of hydrogen-bond acceptors (Lipinski definition) is 9. The summed E-state index contributed by atoms with van der Waals surface area (Å²) in [6.07, 6.45) is 4.18. The van der Waals surface area contributed by atoms with Crippen LogP contribution in [0.15, 0.2) is 107 Å². The second-order valence-electron chi connectivity index (χ2n) is 9.27. The number of rotatable bonds is 12. The van der Waals surface area contributed by atoms with E-state index in [1.54, 1.807) is 36.8 Å². The lowest BCUT2D eigenvalue weighted by Crippen LogP contribution is -2.18. The molecule has 0 aliphatic carbocycles. The van der Waals surface area contributed by atoms with E-state index < -0.39 is 10.0 Å². The molecule has 0 spiro atoms. The van der Waals surface area contributed by atoms with Gasteiger partial charge in [-0.1, -0.05) is 60.7 Å². The Hall–Kier alpha value is -5.07. The lowest BCUT2D eigenvalue weighted by Gasteiger charge is -2.17. The molecule has 42 heavy (non-hydrogen) atoms. The van der Waals surface area contributed by atoms with Crippen molar-refractivity contribution in [1.82, 2.24) is 24.7 Å². The number of imidazole rings is 1. The van der Waals surface area contributed by atoms with Crippen LogP contribution in [0.1, 0.15) is 18.2 Å². The van der Waals surface area contributed by atoms with E-state index in [0.717, 1.165) is 34.5 Å². The van der Waals surface area contributed by atoms with Crippen molar-refractivity contribution < 1.29 is 8.42 Å². The third kappa shape index (κ3) is 6.97. The van der Waals surface area contributed by atoms with E-state index in [0.29, 0.717) is 29.8 Å². The van der Waals surface area contributed by atoms with Crippen molar-refractivity contribution in [1.29, 1.82) is 0 Å². The molecule has 0 fully saturated rings.